The zero-order chi connectivity index (χ0) is 14.3. The molecule has 0 saturated carbocycles. The van der Waals surface area contributed by atoms with E-state index in [9.17, 15) is 9.59 Å². The minimum Gasteiger partial charge on any atom is -0.449 e. The predicted octanol–water partition coefficient (Wildman–Crippen LogP) is 4.74. The third kappa shape index (κ3) is 14.7. The van der Waals surface area contributed by atoms with Crippen LogP contribution >= 0.6 is 0 Å². The number of hydrogen-bond acceptors (Lipinski definition) is 4. The zero-order valence-electron chi connectivity index (χ0n) is 11.9. The third-order valence-electron chi connectivity index (χ3n) is 2.89. The van der Waals surface area contributed by atoms with E-state index in [1.54, 1.807) is 0 Å². The fourth-order valence-corrected chi connectivity index (χ4v) is 1.85. The van der Waals surface area contributed by atoms with Gasteiger partial charge < -0.3 is 14.6 Å². The number of carboxylic acid groups (broad SMARTS) is 1. The minimum atomic E-state index is -1.63. The number of carbonyl (C=O) groups is 2. The molecule has 5 nitrogen and oxygen atoms in total. The molecule has 0 saturated heterocycles. The smallest absolute Gasteiger partial charge is 0.449 e. The molecule has 19 heavy (non-hydrogen) atoms. The van der Waals surface area contributed by atoms with Crippen LogP contribution in [-0.2, 0) is 9.47 Å². The van der Waals surface area contributed by atoms with Crippen molar-refractivity contribution in [2.24, 2.45) is 0 Å². The molecular formula is C14H26O5. The fourth-order valence-electron chi connectivity index (χ4n) is 1.85. The summed E-state index contributed by atoms with van der Waals surface area (Å²) in [6.45, 7) is 2.44. The Kier molecular flexibility index (Phi) is 12.3. The Hall–Kier alpha value is -1.26. The largest absolute Gasteiger partial charge is 0.518 e. The molecule has 0 radical (unpaired) electrons. The van der Waals surface area contributed by atoms with Gasteiger partial charge in [0.25, 0.3) is 0 Å². The van der Waals surface area contributed by atoms with Gasteiger partial charge in [0.1, 0.15) is 0 Å². The van der Waals surface area contributed by atoms with Gasteiger partial charge in [-0.3, -0.25) is 0 Å². The van der Waals surface area contributed by atoms with Gasteiger partial charge >= 0.3 is 12.3 Å². The van der Waals surface area contributed by atoms with Crippen molar-refractivity contribution in [3.63, 3.8) is 0 Å². The van der Waals surface area contributed by atoms with E-state index in [4.69, 9.17) is 5.11 Å². The maximum atomic E-state index is 10.7. The van der Waals surface area contributed by atoms with E-state index in [0.717, 1.165) is 19.3 Å². The van der Waals surface area contributed by atoms with Crippen LogP contribution in [0.2, 0.25) is 0 Å². The normalized spacial score (nSPS) is 10.2. The highest BCUT2D eigenvalue weighted by Gasteiger charge is 2.08. The summed E-state index contributed by atoms with van der Waals surface area (Å²) < 4.78 is 8.38. The van der Waals surface area contributed by atoms with E-state index in [-0.39, 0.29) is 6.61 Å². The van der Waals surface area contributed by atoms with Gasteiger partial charge in [0, 0.05) is 0 Å². The molecule has 0 aromatic heterocycles. The Morgan fingerprint density at radius 3 is 1.79 bits per heavy atom. The van der Waals surface area contributed by atoms with E-state index < -0.39 is 12.3 Å². The minimum absolute atomic E-state index is 0.225. The van der Waals surface area contributed by atoms with Gasteiger partial charge in [0.2, 0.25) is 0 Å². The summed E-state index contributed by atoms with van der Waals surface area (Å²) in [4.78, 5) is 20.7. The highest BCUT2D eigenvalue weighted by Crippen LogP contribution is 2.10. The summed E-state index contributed by atoms with van der Waals surface area (Å²) >= 11 is 0. The molecule has 0 rings (SSSR count). The van der Waals surface area contributed by atoms with Crippen LogP contribution < -0.4 is 0 Å². The lowest BCUT2D eigenvalue weighted by molar-refractivity contribution is 0.0537. The quantitative estimate of drug-likeness (QED) is 0.334. The van der Waals surface area contributed by atoms with Crippen molar-refractivity contribution in [2.45, 2.75) is 71.1 Å². The summed E-state index contributed by atoms with van der Waals surface area (Å²) in [6, 6.07) is 0. The molecule has 0 aliphatic heterocycles. The molecule has 0 bridgehead atoms. The number of unbranched alkanes of at least 4 members (excludes halogenated alkanes) is 9. The summed E-state index contributed by atoms with van der Waals surface area (Å²) in [6.07, 6.45) is 9.20. The van der Waals surface area contributed by atoms with E-state index in [1.807, 2.05) is 0 Å². The van der Waals surface area contributed by atoms with Crippen LogP contribution in [0.3, 0.4) is 0 Å². The molecule has 0 fully saturated rings. The average molecular weight is 274 g/mol. The molecule has 0 spiro atoms. The first-order valence-electron chi connectivity index (χ1n) is 7.24. The van der Waals surface area contributed by atoms with Crippen molar-refractivity contribution in [1.29, 1.82) is 0 Å². The van der Waals surface area contributed by atoms with Gasteiger partial charge in [-0.25, -0.2) is 9.59 Å². The SMILES string of the molecule is CCCCCCCCCCCCOC(=O)OC(=O)O. The van der Waals surface area contributed by atoms with Gasteiger partial charge in [-0.15, -0.1) is 0 Å². The van der Waals surface area contributed by atoms with Crippen molar-refractivity contribution in [3.8, 4) is 0 Å². The Bertz CT molecular complexity index is 240. The first kappa shape index (κ1) is 17.7. The maximum Gasteiger partial charge on any atom is 0.518 e. The van der Waals surface area contributed by atoms with Crippen LogP contribution in [0.15, 0.2) is 0 Å². The van der Waals surface area contributed by atoms with Crippen LogP contribution in [0.4, 0.5) is 9.59 Å². The second kappa shape index (κ2) is 13.2. The summed E-state index contributed by atoms with van der Waals surface area (Å²) in [5.74, 6) is 0. The highest BCUT2D eigenvalue weighted by molar-refractivity contribution is 5.75. The molecule has 112 valence electrons. The molecule has 0 unspecified atom stereocenters. The fraction of sp³-hybridized carbons (Fsp3) is 0.857. The second-order valence-corrected chi connectivity index (χ2v) is 4.65. The van der Waals surface area contributed by atoms with Crippen LogP contribution in [0.1, 0.15) is 71.1 Å². The lowest BCUT2D eigenvalue weighted by atomic mass is 10.1. The summed E-state index contributed by atoms with van der Waals surface area (Å²) in [5, 5.41) is 8.14. The van der Waals surface area contributed by atoms with Gasteiger partial charge in [0.15, 0.2) is 0 Å². The molecule has 0 aromatic carbocycles. The molecular weight excluding hydrogens is 248 g/mol. The predicted molar refractivity (Wildman–Crippen MR) is 72.3 cm³/mol. The van der Waals surface area contributed by atoms with Crippen molar-refractivity contribution in [3.05, 3.63) is 0 Å². The average Bonchev–Trinajstić information content (AvgIpc) is 2.35. The summed E-state index contributed by atoms with van der Waals surface area (Å²) in [7, 11) is 0. The maximum absolute atomic E-state index is 10.7. The molecule has 0 atom stereocenters. The van der Waals surface area contributed by atoms with Crippen LogP contribution in [0.25, 0.3) is 0 Å². The van der Waals surface area contributed by atoms with Crippen molar-refractivity contribution >= 4 is 12.3 Å². The third-order valence-corrected chi connectivity index (χ3v) is 2.89. The number of ether oxygens (including phenoxy) is 2. The first-order valence-corrected chi connectivity index (χ1v) is 7.24. The van der Waals surface area contributed by atoms with Gasteiger partial charge in [-0.2, -0.15) is 0 Å². The monoisotopic (exact) mass is 274 g/mol. The lowest BCUT2D eigenvalue weighted by Gasteiger charge is -2.03. The van der Waals surface area contributed by atoms with Crippen molar-refractivity contribution in [1.82, 2.24) is 0 Å². The Morgan fingerprint density at radius 2 is 1.32 bits per heavy atom. The van der Waals surface area contributed by atoms with Crippen LogP contribution in [-0.4, -0.2) is 24.0 Å². The molecule has 0 aromatic rings. The molecule has 0 amide bonds. The summed E-state index contributed by atoms with van der Waals surface area (Å²) in [5.41, 5.74) is 0. The van der Waals surface area contributed by atoms with Gasteiger partial charge in [-0.1, -0.05) is 64.7 Å². The molecule has 1 N–H and O–H groups in total. The van der Waals surface area contributed by atoms with Crippen molar-refractivity contribution < 1.29 is 24.2 Å². The zero-order valence-corrected chi connectivity index (χ0v) is 11.9. The van der Waals surface area contributed by atoms with Crippen LogP contribution in [0.5, 0.6) is 0 Å². The van der Waals surface area contributed by atoms with E-state index in [2.05, 4.69) is 16.4 Å². The lowest BCUT2D eigenvalue weighted by Crippen LogP contribution is -2.12. The van der Waals surface area contributed by atoms with Crippen LogP contribution in [0, 0.1) is 0 Å². The number of hydrogen-bond donors (Lipinski definition) is 1. The van der Waals surface area contributed by atoms with E-state index in [1.165, 1.54) is 44.9 Å². The molecule has 0 aliphatic carbocycles. The second-order valence-electron chi connectivity index (χ2n) is 4.65. The van der Waals surface area contributed by atoms with Gasteiger partial charge in [0.05, 0.1) is 6.61 Å². The Labute approximate surface area is 115 Å². The van der Waals surface area contributed by atoms with E-state index in [0.29, 0.717) is 0 Å². The molecule has 5 heteroatoms. The number of carbonyl (C=O) groups excluding carboxylic acids is 1. The standard InChI is InChI=1S/C14H26O5/c1-2-3-4-5-6-7-8-9-10-11-12-18-14(17)19-13(15)16/h2-12H2,1H3,(H,15,16). The first-order chi connectivity index (χ1) is 9.16. The Morgan fingerprint density at radius 1 is 0.842 bits per heavy atom. The Balaban J connectivity index is 3.10. The van der Waals surface area contributed by atoms with Crippen molar-refractivity contribution in [2.75, 3.05) is 6.61 Å². The topological polar surface area (TPSA) is 72.8 Å². The van der Waals surface area contributed by atoms with Gasteiger partial charge in [-0.05, 0) is 6.42 Å². The molecule has 0 heterocycles. The highest BCUT2D eigenvalue weighted by atomic mass is 16.8. The van der Waals surface area contributed by atoms with E-state index >= 15 is 0 Å². The molecule has 0 aliphatic rings. The number of rotatable bonds is 11.